The summed E-state index contributed by atoms with van der Waals surface area (Å²) in [5, 5.41) is 2.29. The van der Waals surface area contributed by atoms with Gasteiger partial charge in [-0.25, -0.2) is 0 Å². The Hall–Kier alpha value is -2.81. The van der Waals surface area contributed by atoms with Gasteiger partial charge in [0.05, 0.1) is 0 Å². The predicted octanol–water partition coefficient (Wildman–Crippen LogP) is 4.59. The molecule has 0 spiro atoms. The van der Waals surface area contributed by atoms with Gasteiger partial charge in [0.1, 0.15) is 5.75 Å². The third kappa shape index (κ3) is 2.98. The van der Waals surface area contributed by atoms with Crippen molar-refractivity contribution in [2.75, 3.05) is 11.4 Å². The predicted molar refractivity (Wildman–Crippen MR) is 101 cm³/mol. The molecule has 1 aliphatic heterocycles. The average molecular weight is 331 g/mol. The van der Waals surface area contributed by atoms with Gasteiger partial charge in [0.15, 0.2) is 6.10 Å². The van der Waals surface area contributed by atoms with Crippen LogP contribution in [-0.4, -0.2) is 18.6 Å². The van der Waals surface area contributed by atoms with Crippen LogP contribution in [0.3, 0.4) is 0 Å². The summed E-state index contributed by atoms with van der Waals surface area (Å²) in [6, 6.07) is 22.3. The van der Waals surface area contributed by atoms with E-state index in [0.29, 0.717) is 6.42 Å². The molecule has 3 aromatic rings. The van der Waals surface area contributed by atoms with Crippen molar-refractivity contribution in [1.29, 1.82) is 0 Å². The Labute approximate surface area is 147 Å². The molecule has 3 nitrogen and oxygen atoms in total. The molecule has 0 aliphatic carbocycles. The SMILES string of the molecule is CC[C@@H](Oc1ccc2ccccc2c1)C(=O)N1CCc2ccccc21. The number of carbonyl (C=O) groups is 1. The standard InChI is InChI=1S/C22H21NO2/c1-2-21(22(24)23-14-13-17-8-5-6-10-20(17)23)25-19-12-11-16-7-3-4-9-18(16)15-19/h3-12,15,21H,2,13-14H2,1H3/t21-/m1/s1. The van der Waals surface area contributed by atoms with Crippen molar-refractivity contribution < 1.29 is 9.53 Å². The smallest absolute Gasteiger partial charge is 0.268 e. The number of hydrogen-bond acceptors (Lipinski definition) is 2. The lowest BCUT2D eigenvalue weighted by Crippen LogP contribution is -2.41. The van der Waals surface area contributed by atoms with Gasteiger partial charge in [-0.3, -0.25) is 4.79 Å². The second kappa shape index (κ2) is 6.60. The van der Waals surface area contributed by atoms with Gasteiger partial charge in [0.2, 0.25) is 0 Å². The van der Waals surface area contributed by atoms with E-state index < -0.39 is 6.10 Å². The minimum absolute atomic E-state index is 0.0422. The number of anilines is 1. The fourth-order valence-electron chi connectivity index (χ4n) is 3.45. The highest BCUT2D eigenvalue weighted by molar-refractivity contribution is 5.98. The van der Waals surface area contributed by atoms with Crippen LogP contribution < -0.4 is 9.64 Å². The number of para-hydroxylation sites is 1. The van der Waals surface area contributed by atoms with E-state index in [-0.39, 0.29) is 5.91 Å². The van der Waals surface area contributed by atoms with E-state index in [2.05, 4.69) is 18.2 Å². The largest absolute Gasteiger partial charge is 0.481 e. The summed E-state index contributed by atoms with van der Waals surface area (Å²) in [6.45, 7) is 2.72. The van der Waals surface area contributed by atoms with Crippen molar-refractivity contribution in [2.45, 2.75) is 25.9 Å². The van der Waals surface area contributed by atoms with Gasteiger partial charge in [0, 0.05) is 12.2 Å². The van der Waals surface area contributed by atoms with Gasteiger partial charge < -0.3 is 9.64 Å². The quantitative estimate of drug-likeness (QED) is 0.700. The zero-order valence-corrected chi connectivity index (χ0v) is 14.3. The van der Waals surface area contributed by atoms with Crippen LogP contribution >= 0.6 is 0 Å². The second-order valence-corrected chi connectivity index (χ2v) is 6.39. The molecule has 0 saturated carbocycles. The van der Waals surface area contributed by atoms with E-state index in [1.165, 1.54) is 10.9 Å². The van der Waals surface area contributed by atoms with Crippen LogP contribution in [-0.2, 0) is 11.2 Å². The highest BCUT2D eigenvalue weighted by atomic mass is 16.5. The Morgan fingerprint density at radius 2 is 1.80 bits per heavy atom. The van der Waals surface area contributed by atoms with E-state index in [1.807, 2.05) is 60.4 Å². The molecule has 0 aromatic heterocycles. The molecular formula is C22H21NO2. The van der Waals surface area contributed by atoms with Crippen LogP contribution in [0.15, 0.2) is 66.7 Å². The minimum Gasteiger partial charge on any atom is -0.481 e. The van der Waals surface area contributed by atoms with Crippen LogP contribution in [0, 0.1) is 0 Å². The third-order valence-electron chi connectivity index (χ3n) is 4.80. The van der Waals surface area contributed by atoms with Crippen molar-refractivity contribution in [3.8, 4) is 5.75 Å². The summed E-state index contributed by atoms with van der Waals surface area (Å²) in [4.78, 5) is 14.9. The first-order valence-corrected chi connectivity index (χ1v) is 8.81. The molecule has 1 amide bonds. The highest BCUT2D eigenvalue weighted by Gasteiger charge is 2.30. The monoisotopic (exact) mass is 331 g/mol. The molecule has 4 rings (SSSR count). The molecule has 0 unspecified atom stereocenters. The fraction of sp³-hybridized carbons (Fsp3) is 0.227. The lowest BCUT2D eigenvalue weighted by molar-refractivity contribution is -0.125. The number of amides is 1. The zero-order chi connectivity index (χ0) is 17.2. The Balaban J connectivity index is 1.56. The zero-order valence-electron chi connectivity index (χ0n) is 14.3. The number of hydrogen-bond donors (Lipinski definition) is 0. The molecule has 0 radical (unpaired) electrons. The van der Waals surface area contributed by atoms with E-state index in [9.17, 15) is 4.79 Å². The van der Waals surface area contributed by atoms with E-state index in [4.69, 9.17) is 4.74 Å². The molecule has 0 bridgehead atoms. The van der Waals surface area contributed by atoms with Crippen LogP contribution in [0.2, 0.25) is 0 Å². The molecule has 126 valence electrons. The van der Waals surface area contributed by atoms with Gasteiger partial charge in [-0.05, 0) is 47.4 Å². The van der Waals surface area contributed by atoms with Crippen molar-refractivity contribution in [2.24, 2.45) is 0 Å². The first-order chi connectivity index (χ1) is 12.3. The Morgan fingerprint density at radius 1 is 1.04 bits per heavy atom. The molecule has 1 aliphatic rings. The van der Waals surface area contributed by atoms with Crippen LogP contribution in [0.5, 0.6) is 5.75 Å². The van der Waals surface area contributed by atoms with Gasteiger partial charge in [-0.2, -0.15) is 0 Å². The number of nitrogens with zero attached hydrogens (tertiary/aromatic N) is 1. The van der Waals surface area contributed by atoms with Crippen LogP contribution in [0.4, 0.5) is 5.69 Å². The van der Waals surface area contributed by atoms with Crippen molar-refractivity contribution >= 4 is 22.4 Å². The minimum atomic E-state index is -0.465. The fourth-order valence-corrected chi connectivity index (χ4v) is 3.45. The van der Waals surface area contributed by atoms with Crippen molar-refractivity contribution in [1.82, 2.24) is 0 Å². The molecule has 3 heteroatoms. The number of benzene rings is 3. The normalized spacial score (nSPS) is 14.4. The van der Waals surface area contributed by atoms with Gasteiger partial charge in [-0.1, -0.05) is 55.5 Å². The topological polar surface area (TPSA) is 29.5 Å². The first-order valence-electron chi connectivity index (χ1n) is 8.81. The van der Waals surface area contributed by atoms with Gasteiger partial charge >= 0.3 is 0 Å². The average Bonchev–Trinajstić information content (AvgIpc) is 3.09. The van der Waals surface area contributed by atoms with Crippen LogP contribution in [0.25, 0.3) is 10.8 Å². The molecular weight excluding hydrogens is 310 g/mol. The first kappa shape index (κ1) is 15.7. The summed E-state index contributed by atoms with van der Waals surface area (Å²) in [6.07, 6.45) is 1.09. The third-order valence-corrected chi connectivity index (χ3v) is 4.80. The number of carbonyl (C=O) groups excluding carboxylic acids is 1. The molecule has 0 saturated heterocycles. The molecule has 3 aromatic carbocycles. The maximum atomic E-state index is 13.0. The summed E-state index contributed by atoms with van der Waals surface area (Å²) in [5.74, 6) is 0.784. The summed E-state index contributed by atoms with van der Waals surface area (Å²) >= 11 is 0. The molecule has 0 N–H and O–H groups in total. The maximum absolute atomic E-state index is 13.0. The number of fused-ring (bicyclic) bond motifs is 2. The summed E-state index contributed by atoms with van der Waals surface area (Å²) < 4.78 is 6.07. The Bertz CT molecular complexity index is 919. The van der Waals surface area contributed by atoms with Crippen molar-refractivity contribution in [3.63, 3.8) is 0 Å². The highest BCUT2D eigenvalue weighted by Crippen LogP contribution is 2.29. The van der Waals surface area contributed by atoms with Crippen LogP contribution in [0.1, 0.15) is 18.9 Å². The Morgan fingerprint density at radius 3 is 2.64 bits per heavy atom. The lowest BCUT2D eigenvalue weighted by Gasteiger charge is -2.24. The van der Waals surface area contributed by atoms with Gasteiger partial charge in [0.25, 0.3) is 5.91 Å². The lowest BCUT2D eigenvalue weighted by atomic mass is 10.1. The number of rotatable bonds is 4. The molecule has 1 atom stereocenters. The maximum Gasteiger partial charge on any atom is 0.268 e. The summed E-state index contributed by atoms with van der Waals surface area (Å²) in [5.41, 5.74) is 2.25. The Kier molecular flexibility index (Phi) is 4.14. The molecule has 1 heterocycles. The summed E-state index contributed by atoms with van der Waals surface area (Å²) in [7, 11) is 0. The molecule has 25 heavy (non-hydrogen) atoms. The van der Waals surface area contributed by atoms with E-state index in [0.717, 1.165) is 29.8 Å². The van der Waals surface area contributed by atoms with E-state index in [1.54, 1.807) is 0 Å². The van der Waals surface area contributed by atoms with Gasteiger partial charge in [-0.15, -0.1) is 0 Å². The van der Waals surface area contributed by atoms with Crippen molar-refractivity contribution in [3.05, 3.63) is 72.3 Å². The number of ether oxygens (including phenoxy) is 1. The molecule has 0 fully saturated rings. The second-order valence-electron chi connectivity index (χ2n) is 6.39. The van der Waals surface area contributed by atoms with E-state index >= 15 is 0 Å².